The molecule has 1 N–H and O–H groups in total. The summed E-state index contributed by atoms with van der Waals surface area (Å²) in [5.41, 5.74) is 2.26. The maximum Gasteiger partial charge on any atom is 0.296 e. The molecule has 0 radical (unpaired) electrons. The highest BCUT2D eigenvalue weighted by Gasteiger charge is 2.16. The molecule has 2 rings (SSSR count). The van der Waals surface area contributed by atoms with Crippen molar-refractivity contribution < 1.29 is 10.0 Å². The number of hydrogen-bond donors (Lipinski definition) is 1. The van der Waals surface area contributed by atoms with E-state index in [0.717, 1.165) is 43.2 Å². The minimum absolute atomic E-state index is 0.0960. The van der Waals surface area contributed by atoms with E-state index in [-0.39, 0.29) is 17.1 Å². The van der Waals surface area contributed by atoms with E-state index < -0.39 is 4.92 Å². The summed E-state index contributed by atoms with van der Waals surface area (Å²) < 4.78 is 0. The fraction of sp³-hybridized carbons (Fsp3) is 0.400. The van der Waals surface area contributed by atoms with Gasteiger partial charge < -0.3 is 5.11 Å². The Balaban J connectivity index is 2.52. The molecule has 2 aromatic carbocycles. The zero-order valence-corrected chi connectivity index (χ0v) is 16.4. The minimum atomic E-state index is -0.511. The maximum absolute atomic E-state index is 11.2. The van der Waals surface area contributed by atoms with Crippen LogP contribution in [-0.4, -0.2) is 10.0 Å². The van der Waals surface area contributed by atoms with Crippen LogP contribution in [0.2, 0.25) is 5.02 Å². The van der Waals surface area contributed by atoms with E-state index in [0.29, 0.717) is 17.1 Å². The molecule has 0 aromatic heterocycles. The van der Waals surface area contributed by atoms with Gasteiger partial charge in [-0.15, -0.1) is 10.2 Å². The second-order valence-corrected chi connectivity index (χ2v) is 6.80. The molecule has 0 atom stereocenters. The van der Waals surface area contributed by atoms with E-state index in [2.05, 4.69) is 24.1 Å². The van der Waals surface area contributed by atoms with Gasteiger partial charge in [0.05, 0.1) is 10.6 Å². The van der Waals surface area contributed by atoms with Crippen molar-refractivity contribution in [2.24, 2.45) is 10.2 Å². The molecule has 0 aliphatic rings. The van der Waals surface area contributed by atoms with Gasteiger partial charge in [-0.1, -0.05) is 44.4 Å². The fourth-order valence-electron chi connectivity index (χ4n) is 2.80. The second-order valence-electron chi connectivity index (χ2n) is 6.37. The van der Waals surface area contributed by atoms with Crippen LogP contribution in [-0.2, 0) is 12.8 Å². The van der Waals surface area contributed by atoms with Crippen LogP contribution in [0.25, 0.3) is 0 Å². The number of hydrogen-bond acceptors (Lipinski definition) is 5. The highest BCUT2D eigenvalue weighted by Crippen LogP contribution is 2.37. The lowest BCUT2D eigenvalue weighted by molar-refractivity contribution is -0.384. The second kappa shape index (κ2) is 10.0. The first kappa shape index (κ1) is 20.8. The number of benzene rings is 2. The van der Waals surface area contributed by atoms with Crippen molar-refractivity contribution in [2.45, 2.75) is 52.4 Å². The molecule has 0 bridgehead atoms. The monoisotopic (exact) mass is 389 g/mol. The molecule has 27 heavy (non-hydrogen) atoms. The summed E-state index contributed by atoms with van der Waals surface area (Å²) in [7, 11) is 0. The topological polar surface area (TPSA) is 88.1 Å². The summed E-state index contributed by atoms with van der Waals surface area (Å²) in [6, 6.07) is 7.73. The van der Waals surface area contributed by atoms with E-state index in [9.17, 15) is 15.2 Å². The lowest BCUT2D eigenvalue weighted by Gasteiger charge is -2.12. The third-order valence-corrected chi connectivity index (χ3v) is 4.55. The molecule has 0 heterocycles. The summed E-state index contributed by atoms with van der Waals surface area (Å²) in [5, 5.41) is 30.4. The first-order valence-electron chi connectivity index (χ1n) is 9.17. The van der Waals surface area contributed by atoms with E-state index in [1.165, 1.54) is 18.2 Å². The normalized spacial score (nSPS) is 11.2. The van der Waals surface area contributed by atoms with E-state index in [1.807, 2.05) is 6.07 Å². The van der Waals surface area contributed by atoms with Gasteiger partial charge in [-0.2, -0.15) is 0 Å². The Labute approximate surface area is 164 Å². The number of aryl methyl sites for hydroxylation is 1. The van der Waals surface area contributed by atoms with Gasteiger partial charge in [0.15, 0.2) is 5.69 Å². The number of nitro groups is 1. The standard InChI is InChI=1S/C20H24ClN3O3/c1-3-5-7-14-9-12-19(25)16(8-6-4-2)20(14)23-22-17-13-15(21)10-11-18(17)24(26)27/h9-13,25H,3-8H2,1-2H3. The highest BCUT2D eigenvalue weighted by molar-refractivity contribution is 6.30. The number of nitro benzene ring substituents is 1. The first-order chi connectivity index (χ1) is 13.0. The van der Waals surface area contributed by atoms with Crippen LogP contribution < -0.4 is 0 Å². The van der Waals surface area contributed by atoms with Crippen molar-refractivity contribution in [3.63, 3.8) is 0 Å². The fourth-order valence-corrected chi connectivity index (χ4v) is 2.97. The van der Waals surface area contributed by atoms with E-state index >= 15 is 0 Å². The van der Waals surface area contributed by atoms with Gasteiger partial charge in [-0.05, 0) is 49.4 Å². The predicted molar refractivity (Wildman–Crippen MR) is 108 cm³/mol. The number of azo groups is 1. The Morgan fingerprint density at radius 1 is 1.07 bits per heavy atom. The summed E-state index contributed by atoms with van der Waals surface area (Å²) in [6.45, 7) is 4.18. The molecule has 0 fully saturated rings. The average molecular weight is 390 g/mol. The number of halogens is 1. The molecule has 0 saturated carbocycles. The van der Waals surface area contributed by atoms with Gasteiger partial charge in [-0.25, -0.2) is 0 Å². The SMILES string of the molecule is CCCCc1ccc(O)c(CCCC)c1N=Nc1cc(Cl)ccc1[N+](=O)[O-]. The van der Waals surface area contributed by atoms with Crippen LogP contribution in [0, 0.1) is 10.1 Å². The van der Waals surface area contributed by atoms with Crippen molar-refractivity contribution in [3.05, 3.63) is 56.6 Å². The molecule has 7 heteroatoms. The van der Waals surface area contributed by atoms with Crippen LogP contribution in [0.4, 0.5) is 17.1 Å². The van der Waals surface area contributed by atoms with Crippen LogP contribution in [0.15, 0.2) is 40.6 Å². The van der Waals surface area contributed by atoms with Crippen LogP contribution in [0.3, 0.4) is 0 Å². The molecule has 2 aromatic rings. The van der Waals surface area contributed by atoms with Gasteiger partial charge in [-0.3, -0.25) is 10.1 Å². The smallest absolute Gasteiger partial charge is 0.296 e. The molecule has 0 unspecified atom stereocenters. The number of rotatable bonds is 9. The van der Waals surface area contributed by atoms with Gasteiger partial charge in [0, 0.05) is 16.7 Å². The lowest BCUT2D eigenvalue weighted by Crippen LogP contribution is -1.93. The summed E-state index contributed by atoms with van der Waals surface area (Å²) >= 11 is 5.96. The Kier molecular flexibility index (Phi) is 7.73. The van der Waals surface area contributed by atoms with Gasteiger partial charge in [0.25, 0.3) is 5.69 Å². The number of unbranched alkanes of at least 4 members (excludes halogenated alkanes) is 2. The van der Waals surface area contributed by atoms with E-state index in [1.54, 1.807) is 6.07 Å². The minimum Gasteiger partial charge on any atom is -0.508 e. The highest BCUT2D eigenvalue weighted by atomic mass is 35.5. The molecule has 0 amide bonds. The Morgan fingerprint density at radius 3 is 2.44 bits per heavy atom. The van der Waals surface area contributed by atoms with Gasteiger partial charge in [0.2, 0.25) is 0 Å². The number of nitrogens with zero attached hydrogens (tertiary/aromatic N) is 3. The summed E-state index contributed by atoms with van der Waals surface area (Å²) in [4.78, 5) is 10.7. The van der Waals surface area contributed by atoms with Crippen molar-refractivity contribution in [1.82, 2.24) is 0 Å². The van der Waals surface area contributed by atoms with E-state index in [4.69, 9.17) is 11.6 Å². The Hall–Kier alpha value is -2.47. The lowest BCUT2D eigenvalue weighted by atomic mass is 9.98. The van der Waals surface area contributed by atoms with Gasteiger partial charge >= 0.3 is 0 Å². The Morgan fingerprint density at radius 2 is 1.78 bits per heavy atom. The largest absolute Gasteiger partial charge is 0.508 e. The third-order valence-electron chi connectivity index (χ3n) is 4.31. The summed E-state index contributed by atoms with van der Waals surface area (Å²) in [6.07, 6.45) is 5.38. The number of aromatic hydroxyl groups is 1. The zero-order chi connectivity index (χ0) is 19.8. The molecule has 0 saturated heterocycles. The summed E-state index contributed by atoms with van der Waals surface area (Å²) in [5.74, 6) is 0.179. The van der Waals surface area contributed by atoms with Crippen molar-refractivity contribution in [2.75, 3.05) is 0 Å². The average Bonchev–Trinajstić information content (AvgIpc) is 2.64. The zero-order valence-electron chi connectivity index (χ0n) is 15.6. The van der Waals surface area contributed by atoms with Gasteiger partial charge in [0.1, 0.15) is 5.75 Å². The molecule has 6 nitrogen and oxygen atoms in total. The van der Waals surface area contributed by atoms with Crippen LogP contribution in [0.1, 0.15) is 50.7 Å². The van der Waals surface area contributed by atoms with Crippen molar-refractivity contribution in [3.8, 4) is 5.75 Å². The molecule has 144 valence electrons. The quantitative estimate of drug-likeness (QED) is 0.283. The van der Waals surface area contributed by atoms with Crippen LogP contribution >= 0.6 is 11.6 Å². The molecule has 0 spiro atoms. The Bertz CT molecular complexity index is 837. The molecule has 0 aliphatic carbocycles. The molecular weight excluding hydrogens is 366 g/mol. The maximum atomic E-state index is 11.2. The third kappa shape index (κ3) is 5.50. The van der Waals surface area contributed by atoms with Crippen LogP contribution in [0.5, 0.6) is 5.75 Å². The molecule has 0 aliphatic heterocycles. The molecular formula is C20H24ClN3O3. The van der Waals surface area contributed by atoms with Crippen molar-refractivity contribution >= 4 is 28.7 Å². The predicted octanol–water partition coefficient (Wildman–Crippen LogP) is 7.05. The number of phenolic OH excluding ortho intramolecular Hbond substituents is 1. The van der Waals surface area contributed by atoms with Crippen molar-refractivity contribution in [1.29, 1.82) is 0 Å². The number of phenols is 1. The first-order valence-corrected chi connectivity index (χ1v) is 9.55.